The number of rotatable bonds is 4. The normalized spacial score (nSPS) is 11.3. The van der Waals surface area contributed by atoms with E-state index in [1.807, 2.05) is 6.07 Å². The fraction of sp³-hybridized carbons (Fsp3) is 0.158. The van der Waals surface area contributed by atoms with Crippen molar-refractivity contribution < 1.29 is 13.2 Å². The predicted octanol–water partition coefficient (Wildman–Crippen LogP) is 3.84. The lowest BCUT2D eigenvalue weighted by atomic mass is 10.1. The maximum atomic E-state index is 13.6. The van der Waals surface area contributed by atoms with Crippen LogP contribution in [0.1, 0.15) is 11.4 Å². The summed E-state index contributed by atoms with van der Waals surface area (Å²) in [6, 6.07) is 8.15. The number of hydrogen-bond donors (Lipinski definition) is 0. The Morgan fingerprint density at radius 1 is 1.18 bits per heavy atom. The fourth-order valence-corrected chi connectivity index (χ4v) is 3.04. The van der Waals surface area contributed by atoms with E-state index in [9.17, 15) is 18.4 Å². The van der Waals surface area contributed by atoms with Crippen molar-refractivity contribution in [3.05, 3.63) is 60.2 Å². The van der Waals surface area contributed by atoms with Gasteiger partial charge in [0.1, 0.15) is 28.9 Å². The molecule has 4 heterocycles. The van der Waals surface area contributed by atoms with Gasteiger partial charge in [0.2, 0.25) is 0 Å². The molecule has 0 saturated carbocycles. The number of aryl methyl sites for hydroxylation is 1. The summed E-state index contributed by atoms with van der Waals surface area (Å²) in [5.41, 5.74) is 2.72. The average molecular weight is 382 g/mol. The number of pyridine rings is 2. The van der Waals surface area contributed by atoms with Gasteiger partial charge in [0.25, 0.3) is 6.43 Å². The molecule has 0 bridgehead atoms. The third-order valence-electron chi connectivity index (χ3n) is 4.33. The molecule has 0 aliphatic carbocycles. The van der Waals surface area contributed by atoms with E-state index in [-0.39, 0.29) is 5.69 Å². The highest BCUT2D eigenvalue weighted by atomic mass is 19.3. The van der Waals surface area contributed by atoms with Gasteiger partial charge in [-0.3, -0.25) is 4.40 Å². The number of nitriles is 1. The first-order valence-electron chi connectivity index (χ1n) is 8.32. The number of fused-ring (bicyclic) bond motifs is 1. The second kappa shape index (κ2) is 6.81. The van der Waals surface area contributed by atoms with Crippen LogP contribution >= 0.6 is 0 Å². The van der Waals surface area contributed by atoms with Crippen molar-refractivity contribution in [3.8, 4) is 28.7 Å². The number of halogens is 3. The van der Waals surface area contributed by atoms with E-state index in [1.165, 1.54) is 36.1 Å². The van der Waals surface area contributed by atoms with E-state index in [1.54, 1.807) is 22.7 Å². The number of alkyl halides is 2. The Morgan fingerprint density at radius 3 is 2.71 bits per heavy atom. The second-order valence-electron chi connectivity index (χ2n) is 6.15. The lowest BCUT2D eigenvalue weighted by Gasteiger charge is -2.11. The van der Waals surface area contributed by atoms with Crippen LogP contribution in [0.2, 0.25) is 0 Å². The summed E-state index contributed by atoms with van der Waals surface area (Å²) in [4.78, 5) is 12.6. The van der Waals surface area contributed by atoms with Crippen LogP contribution in [0.25, 0.3) is 28.3 Å². The minimum absolute atomic E-state index is 0.184. The average Bonchev–Trinajstić information content (AvgIpc) is 3.26. The molecule has 0 N–H and O–H groups in total. The van der Waals surface area contributed by atoms with Gasteiger partial charge in [0, 0.05) is 11.8 Å². The van der Waals surface area contributed by atoms with Gasteiger partial charge in [-0.1, -0.05) is 0 Å². The molecule has 0 aliphatic rings. The van der Waals surface area contributed by atoms with E-state index in [0.29, 0.717) is 34.0 Å². The first-order chi connectivity index (χ1) is 13.5. The Balaban J connectivity index is 1.94. The molecule has 0 unspecified atom stereocenters. The van der Waals surface area contributed by atoms with Crippen LogP contribution in [0.15, 0.2) is 43.0 Å². The molecule has 0 aromatic carbocycles. The van der Waals surface area contributed by atoms with Gasteiger partial charge in [-0.15, -0.1) is 0 Å². The van der Waals surface area contributed by atoms with E-state index in [2.05, 4.69) is 15.0 Å². The molecule has 140 valence electrons. The zero-order valence-corrected chi connectivity index (χ0v) is 14.6. The molecule has 4 aromatic rings. The molecule has 0 fully saturated rings. The van der Waals surface area contributed by atoms with Crippen molar-refractivity contribution in [3.63, 3.8) is 0 Å². The summed E-state index contributed by atoms with van der Waals surface area (Å²) < 4.78 is 42.7. The Labute approximate surface area is 157 Å². The van der Waals surface area contributed by atoms with Gasteiger partial charge in [-0.25, -0.2) is 28.1 Å². The van der Waals surface area contributed by atoms with Gasteiger partial charge in [0.15, 0.2) is 0 Å². The molecule has 6 nitrogen and oxygen atoms in total. The quantitative estimate of drug-likeness (QED) is 0.538. The first-order valence-corrected chi connectivity index (χ1v) is 8.32. The monoisotopic (exact) mass is 382 g/mol. The SMILES string of the molecule is Cc1nc(-c2ncn(CC(F)F)c2-c2ccc3ncc(C#N)n3c2)ccc1F. The molecule has 0 radical (unpaired) electrons. The summed E-state index contributed by atoms with van der Waals surface area (Å²) in [6.07, 6.45) is 1.79. The minimum atomic E-state index is -2.59. The number of hydrogen-bond acceptors (Lipinski definition) is 4. The zero-order valence-electron chi connectivity index (χ0n) is 14.6. The molecule has 28 heavy (non-hydrogen) atoms. The van der Waals surface area contributed by atoms with Crippen LogP contribution in [0, 0.1) is 24.1 Å². The minimum Gasteiger partial charge on any atom is -0.324 e. The molecule has 0 amide bonds. The molecule has 0 atom stereocenters. The Kier molecular flexibility index (Phi) is 4.31. The summed E-state index contributed by atoms with van der Waals surface area (Å²) in [7, 11) is 0. The molecule has 0 saturated heterocycles. The van der Waals surface area contributed by atoms with Gasteiger partial charge < -0.3 is 4.57 Å². The van der Waals surface area contributed by atoms with Crippen molar-refractivity contribution in [2.45, 2.75) is 19.9 Å². The predicted molar refractivity (Wildman–Crippen MR) is 95.1 cm³/mol. The highest BCUT2D eigenvalue weighted by Crippen LogP contribution is 2.31. The van der Waals surface area contributed by atoms with Crippen LogP contribution in [0.4, 0.5) is 13.2 Å². The fourth-order valence-electron chi connectivity index (χ4n) is 3.04. The van der Waals surface area contributed by atoms with Gasteiger partial charge >= 0.3 is 0 Å². The standard InChI is InChI=1S/C19H13F3N6/c1-11-14(20)3-4-15(26-11)18-19(27(10-25-18)9-16(21)22)12-2-5-17-24-7-13(6-23)28(17)8-12/h2-5,7-8,10,16H,9H2,1H3. The summed E-state index contributed by atoms with van der Waals surface area (Å²) >= 11 is 0. The van der Waals surface area contributed by atoms with Crippen molar-refractivity contribution in [2.75, 3.05) is 0 Å². The number of aromatic nitrogens is 5. The third-order valence-corrected chi connectivity index (χ3v) is 4.33. The topological polar surface area (TPSA) is 71.8 Å². The highest BCUT2D eigenvalue weighted by Gasteiger charge is 2.20. The molecule has 4 rings (SSSR count). The van der Waals surface area contributed by atoms with Crippen LogP contribution < -0.4 is 0 Å². The maximum absolute atomic E-state index is 13.6. The van der Waals surface area contributed by atoms with E-state index < -0.39 is 18.8 Å². The van der Waals surface area contributed by atoms with Crippen LogP contribution in [-0.2, 0) is 6.54 Å². The second-order valence-corrected chi connectivity index (χ2v) is 6.15. The van der Waals surface area contributed by atoms with Crippen molar-refractivity contribution in [2.24, 2.45) is 0 Å². The lowest BCUT2D eigenvalue weighted by molar-refractivity contribution is 0.127. The Hall–Kier alpha value is -3.67. The highest BCUT2D eigenvalue weighted by molar-refractivity contribution is 5.77. The summed E-state index contributed by atoms with van der Waals surface area (Å²) in [6.45, 7) is 0.959. The largest absolute Gasteiger partial charge is 0.324 e. The van der Waals surface area contributed by atoms with Crippen LogP contribution in [0.5, 0.6) is 0 Å². The van der Waals surface area contributed by atoms with Gasteiger partial charge in [-0.2, -0.15) is 5.26 Å². The van der Waals surface area contributed by atoms with Gasteiger partial charge in [0.05, 0.1) is 36.2 Å². The number of imidazole rings is 2. The lowest BCUT2D eigenvalue weighted by Crippen LogP contribution is -2.07. The molecule has 9 heteroatoms. The van der Waals surface area contributed by atoms with E-state index in [4.69, 9.17) is 0 Å². The summed E-state index contributed by atoms with van der Waals surface area (Å²) in [5.74, 6) is -0.462. The van der Waals surface area contributed by atoms with E-state index >= 15 is 0 Å². The van der Waals surface area contributed by atoms with Crippen molar-refractivity contribution in [1.82, 2.24) is 23.9 Å². The van der Waals surface area contributed by atoms with E-state index in [0.717, 1.165) is 0 Å². The van der Waals surface area contributed by atoms with Crippen molar-refractivity contribution >= 4 is 5.65 Å². The third kappa shape index (κ3) is 2.99. The van der Waals surface area contributed by atoms with Crippen molar-refractivity contribution in [1.29, 1.82) is 5.26 Å². The molecule has 0 spiro atoms. The molecular weight excluding hydrogens is 369 g/mol. The smallest absolute Gasteiger partial charge is 0.256 e. The molecule has 4 aromatic heterocycles. The number of nitrogens with zero attached hydrogens (tertiary/aromatic N) is 6. The van der Waals surface area contributed by atoms with Crippen LogP contribution in [0.3, 0.4) is 0 Å². The molecular formula is C19H13F3N6. The molecule has 0 aliphatic heterocycles. The maximum Gasteiger partial charge on any atom is 0.256 e. The summed E-state index contributed by atoms with van der Waals surface area (Å²) in [5, 5.41) is 9.24. The Bertz CT molecular complexity index is 1220. The first kappa shape index (κ1) is 17.7. The van der Waals surface area contributed by atoms with Gasteiger partial charge in [-0.05, 0) is 31.2 Å². The Morgan fingerprint density at radius 2 is 2.00 bits per heavy atom. The zero-order chi connectivity index (χ0) is 19.8. The van der Waals surface area contributed by atoms with Crippen LogP contribution in [-0.4, -0.2) is 30.3 Å².